The van der Waals surface area contributed by atoms with Crippen LogP contribution in [0.15, 0.2) is 30.3 Å². The molecule has 1 aromatic carbocycles. The van der Waals surface area contributed by atoms with Gasteiger partial charge in [0.05, 0.1) is 6.61 Å². The number of amides is 1. The third-order valence-electron chi connectivity index (χ3n) is 3.40. The predicted molar refractivity (Wildman–Crippen MR) is 83.6 cm³/mol. The molecule has 1 aromatic rings. The molecule has 0 spiro atoms. The number of ether oxygens (including phenoxy) is 1. The molecule has 5 nitrogen and oxygen atoms in total. The lowest BCUT2D eigenvalue weighted by Crippen LogP contribution is -2.50. The zero-order valence-corrected chi connectivity index (χ0v) is 12.5. The largest absolute Gasteiger partial charge is 0.494 e. The minimum atomic E-state index is 0.0365. The highest BCUT2D eigenvalue weighted by Gasteiger charge is 2.16. The van der Waals surface area contributed by atoms with Crippen LogP contribution in [0.25, 0.3) is 6.08 Å². The highest BCUT2D eigenvalue weighted by molar-refractivity contribution is 5.91. The van der Waals surface area contributed by atoms with Gasteiger partial charge in [-0.3, -0.25) is 10.6 Å². The van der Waals surface area contributed by atoms with Crippen LogP contribution < -0.4 is 10.6 Å². The first-order valence-corrected chi connectivity index (χ1v) is 7.38. The van der Waals surface area contributed by atoms with Crippen molar-refractivity contribution in [1.29, 1.82) is 0 Å². The van der Waals surface area contributed by atoms with Crippen LogP contribution >= 0.6 is 0 Å². The van der Waals surface area contributed by atoms with E-state index in [1.54, 1.807) is 11.1 Å². The zero-order chi connectivity index (χ0) is 15.1. The maximum Gasteiger partial charge on any atom is 0.246 e. The average Bonchev–Trinajstić information content (AvgIpc) is 2.52. The van der Waals surface area contributed by atoms with Crippen molar-refractivity contribution in [3.63, 3.8) is 0 Å². The molecule has 0 aromatic heterocycles. The molecule has 0 saturated carbocycles. The number of hydrazine groups is 1. The summed E-state index contributed by atoms with van der Waals surface area (Å²) in [5.41, 5.74) is 0.990. The highest BCUT2D eigenvalue weighted by Crippen LogP contribution is 2.13. The Kier molecular flexibility index (Phi) is 5.78. The van der Waals surface area contributed by atoms with Gasteiger partial charge in [0.25, 0.3) is 0 Å². The molecule has 1 saturated heterocycles. The van der Waals surface area contributed by atoms with E-state index in [1.807, 2.05) is 35.2 Å². The Balaban J connectivity index is 1.86. The predicted octanol–water partition coefficient (Wildman–Crippen LogP) is 1.51. The molecule has 1 aliphatic rings. The third-order valence-corrected chi connectivity index (χ3v) is 3.40. The Bertz CT molecular complexity index is 477. The molecular formula is C16H23N3O2. The van der Waals surface area contributed by atoms with E-state index in [2.05, 4.69) is 6.92 Å². The number of hydrogen-bond donors (Lipinski definition) is 1. The molecule has 1 fully saturated rings. The smallest absolute Gasteiger partial charge is 0.246 e. The minimum Gasteiger partial charge on any atom is -0.494 e. The second-order valence-corrected chi connectivity index (χ2v) is 5.11. The lowest BCUT2D eigenvalue weighted by molar-refractivity contribution is -0.127. The summed E-state index contributed by atoms with van der Waals surface area (Å²) in [6.45, 7) is 5.62. The summed E-state index contributed by atoms with van der Waals surface area (Å²) < 4.78 is 5.53. The Morgan fingerprint density at radius 3 is 2.52 bits per heavy atom. The molecule has 0 radical (unpaired) electrons. The van der Waals surface area contributed by atoms with Gasteiger partial charge < -0.3 is 9.64 Å². The van der Waals surface area contributed by atoms with Gasteiger partial charge in [0.2, 0.25) is 5.91 Å². The number of piperazine rings is 1. The van der Waals surface area contributed by atoms with Crippen LogP contribution in [0.5, 0.6) is 5.75 Å². The number of carbonyl (C=O) groups is 1. The standard InChI is InChI=1S/C16H23N3O2/c1-2-13-21-15-6-3-14(4-7-15)5-8-16(20)18-9-11-19(17)12-10-18/h3-8H,2,9-13,17H2,1H3/b8-5+. The molecule has 0 aliphatic carbocycles. The molecule has 2 N–H and O–H groups in total. The summed E-state index contributed by atoms with van der Waals surface area (Å²) in [5, 5.41) is 1.74. The number of nitrogens with two attached hydrogens (primary N) is 1. The van der Waals surface area contributed by atoms with Crippen molar-refractivity contribution < 1.29 is 9.53 Å². The van der Waals surface area contributed by atoms with Crippen molar-refractivity contribution >= 4 is 12.0 Å². The van der Waals surface area contributed by atoms with Crippen molar-refractivity contribution in [2.45, 2.75) is 13.3 Å². The lowest BCUT2D eigenvalue weighted by Gasteiger charge is -2.31. The fraction of sp³-hybridized carbons (Fsp3) is 0.438. The number of hydrogen-bond acceptors (Lipinski definition) is 4. The van der Waals surface area contributed by atoms with Crippen molar-refractivity contribution in [3.05, 3.63) is 35.9 Å². The minimum absolute atomic E-state index is 0.0365. The molecule has 0 bridgehead atoms. The Hall–Kier alpha value is -1.85. The van der Waals surface area contributed by atoms with Crippen molar-refractivity contribution in [2.75, 3.05) is 32.8 Å². The van der Waals surface area contributed by atoms with E-state index in [0.717, 1.165) is 37.4 Å². The third kappa shape index (κ3) is 4.88. The fourth-order valence-electron chi connectivity index (χ4n) is 2.11. The lowest BCUT2D eigenvalue weighted by atomic mass is 10.2. The Morgan fingerprint density at radius 2 is 1.90 bits per heavy atom. The van der Waals surface area contributed by atoms with Gasteiger partial charge in [-0.05, 0) is 30.2 Å². The molecule has 2 rings (SSSR count). The van der Waals surface area contributed by atoms with Crippen molar-refractivity contribution in [3.8, 4) is 5.75 Å². The topological polar surface area (TPSA) is 58.8 Å². The van der Waals surface area contributed by atoms with Crippen LogP contribution in [0.3, 0.4) is 0 Å². The van der Waals surface area contributed by atoms with Crippen LogP contribution in [0.2, 0.25) is 0 Å². The molecular weight excluding hydrogens is 266 g/mol. The van der Waals surface area contributed by atoms with Gasteiger partial charge in [-0.25, -0.2) is 5.01 Å². The average molecular weight is 289 g/mol. The van der Waals surface area contributed by atoms with Gasteiger partial charge in [-0.15, -0.1) is 0 Å². The van der Waals surface area contributed by atoms with Gasteiger partial charge in [0.15, 0.2) is 0 Å². The maximum atomic E-state index is 12.0. The van der Waals surface area contributed by atoms with Gasteiger partial charge >= 0.3 is 0 Å². The van der Waals surface area contributed by atoms with Crippen molar-refractivity contribution in [1.82, 2.24) is 9.91 Å². The first-order valence-electron chi connectivity index (χ1n) is 7.38. The SMILES string of the molecule is CCCOc1ccc(/C=C/C(=O)N2CCN(N)CC2)cc1. The zero-order valence-electron chi connectivity index (χ0n) is 12.5. The first-order chi connectivity index (χ1) is 10.2. The Morgan fingerprint density at radius 1 is 1.24 bits per heavy atom. The van der Waals surface area contributed by atoms with E-state index in [9.17, 15) is 4.79 Å². The Labute approximate surface area is 125 Å². The van der Waals surface area contributed by atoms with Gasteiger partial charge in [-0.1, -0.05) is 19.1 Å². The molecule has 1 aliphatic heterocycles. The van der Waals surface area contributed by atoms with E-state index in [-0.39, 0.29) is 5.91 Å². The van der Waals surface area contributed by atoms with E-state index in [4.69, 9.17) is 10.6 Å². The summed E-state index contributed by atoms with van der Waals surface area (Å²) in [6, 6.07) is 7.75. The van der Waals surface area contributed by atoms with Crippen LogP contribution in [0.4, 0.5) is 0 Å². The molecule has 0 unspecified atom stereocenters. The molecule has 5 heteroatoms. The van der Waals surface area contributed by atoms with Crippen LogP contribution in [0.1, 0.15) is 18.9 Å². The summed E-state index contributed by atoms with van der Waals surface area (Å²) in [7, 11) is 0. The van der Waals surface area contributed by atoms with E-state index < -0.39 is 0 Å². The number of rotatable bonds is 5. The first kappa shape index (κ1) is 15.5. The fourth-order valence-corrected chi connectivity index (χ4v) is 2.11. The number of carbonyl (C=O) groups excluding carboxylic acids is 1. The van der Waals surface area contributed by atoms with Crippen LogP contribution in [-0.4, -0.2) is 48.6 Å². The monoisotopic (exact) mass is 289 g/mol. The summed E-state index contributed by atoms with van der Waals surface area (Å²) >= 11 is 0. The molecule has 0 atom stereocenters. The number of benzene rings is 1. The summed E-state index contributed by atoms with van der Waals surface area (Å²) in [4.78, 5) is 13.9. The highest BCUT2D eigenvalue weighted by atomic mass is 16.5. The second kappa shape index (κ2) is 7.81. The summed E-state index contributed by atoms with van der Waals surface area (Å²) in [6.07, 6.45) is 4.45. The summed E-state index contributed by atoms with van der Waals surface area (Å²) in [5.74, 6) is 6.57. The van der Waals surface area contributed by atoms with Gasteiger partial charge in [0, 0.05) is 32.3 Å². The molecule has 1 heterocycles. The van der Waals surface area contributed by atoms with E-state index >= 15 is 0 Å². The second-order valence-electron chi connectivity index (χ2n) is 5.11. The number of nitrogens with zero attached hydrogens (tertiary/aromatic N) is 2. The quantitative estimate of drug-likeness (QED) is 0.659. The van der Waals surface area contributed by atoms with Crippen molar-refractivity contribution in [2.24, 2.45) is 5.84 Å². The van der Waals surface area contributed by atoms with Gasteiger partial charge in [0.1, 0.15) is 5.75 Å². The normalized spacial score (nSPS) is 16.4. The van der Waals surface area contributed by atoms with Crippen LogP contribution in [-0.2, 0) is 4.79 Å². The van der Waals surface area contributed by atoms with E-state index in [1.165, 1.54) is 0 Å². The van der Waals surface area contributed by atoms with E-state index in [0.29, 0.717) is 13.1 Å². The molecule has 114 valence electrons. The molecule has 21 heavy (non-hydrogen) atoms. The maximum absolute atomic E-state index is 12.0. The molecule has 1 amide bonds. The van der Waals surface area contributed by atoms with Crippen LogP contribution in [0, 0.1) is 0 Å². The van der Waals surface area contributed by atoms with Gasteiger partial charge in [-0.2, -0.15) is 0 Å².